The standard InChI is InChI=1S/C42H48O8S2/c1-3-5-7-15-29-49-41(43)39(51(45,46)37-17-11-9-12-18-37)31-33-21-25-35(26-22-33)36-27-23-34(24-28-36)32-40(42(44)50-30-16-8-6-4-2)52(47,48)38-19-13-10-14-20-38/h9-14,17-28,31,40H,3-8,15-16,29-30,32H2,1-2H3. The molecule has 0 aromatic heterocycles. The molecule has 0 N–H and O–H groups in total. The second kappa shape index (κ2) is 19.9. The lowest BCUT2D eigenvalue weighted by Crippen LogP contribution is -2.34. The van der Waals surface area contributed by atoms with Crippen LogP contribution in [0.2, 0.25) is 0 Å². The number of hydrogen-bond donors (Lipinski definition) is 0. The summed E-state index contributed by atoms with van der Waals surface area (Å²) in [6, 6.07) is 30.0. The molecule has 0 aliphatic carbocycles. The van der Waals surface area contributed by atoms with Crippen LogP contribution < -0.4 is 0 Å². The van der Waals surface area contributed by atoms with Gasteiger partial charge < -0.3 is 9.47 Å². The summed E-state index contributed by atoms with van der Waals surface area (Å²) in [5.74, 6) is -1.66. The molecule has 4 aromatic rings. The lowest BCUT2D eigenvalue weighted by molar-refractivity contribution is -0.143. The highest BCUT2D eigenvalue weighted by molar-refractivity contribution is 7.96. The molecule has 0 spiro atoms. The molecule has 1 unspecified atom stereocenters. The molecule has 0 amide bonds. The van der Waals surface area contributed by atoms with Gasteiger partial charge in [0.25, 0.3) is 0 Å². The van der Waals surface area contributed by atoms with Gasteiger partial charge in [-0.15, -0.1) is 0 Å². The molecule has 0 aliphatic rings. The molecule has 0 aliphatic heterocycles. The molecule has 1 atom stereocenters. The number of unbranched alkanes of at least 4 members (excludes halogenated alkanes) is 6. The molecule has 0 heterocycles. The Morgan fingerprint density at radius 3 is 1.63 bits per heavy atom. The van der Waals surface area contributed by atoms with Gasteiger partial charge in [0.1, 0.15) is 0 Å². The summed E-state index contributed by atoms with van der Waals surface area (Å²) in [7, 11) is -8.18. The predicted molar refractivity (Wildman–Crippen MR) is 205 cm³/mol. The zero-order valence-electron chi connectivity index (χ0n) is 29.9. The Kier molecular flexibility index (Phi) is 15.4. The molecule has 276 valence electrons. The molecule has 0 saturated heterocycles. The number of hydrogen-bond acceptors (Lipinski definition) is 8. The third-order valence-corrected chi connectivity index (χ3v) is 12.4. The van der Waals surface area contributed by atoms with E-state index in [0.717, 1.165) is 49.7 Å². The van der Waals surface area contributed by atoms with E-state index in [0.29, 0.717) is 24.0 Å². The number of esters is 2. The highest BCUT2D eigenvalue weighted by Crippen LogP contribution is 2.27. The van der Waals surface area contributed by atoms with Crippen LogP contribution in [0.15, 0.2) is 124 Å². The van der Waals surface area contributed by atoms with E-state index >= 15 is 0 Å². The molecule has 0 saturated carbocycles. The van der Waals surface area contributed by atoms with Crippen molar-refractivity contribution in [1.29, 1.82) is 0 Å². The number of benzene rings is 4. The summed E-state index contributed by atoms with van der Waals surface area (Å²) in [6.45, 7) is 4.47. The van der Waals surface area contributed by atoms with Gasteiger partial charge in [0.2, 0.25) is 9.84 Å². The van der Waals surface area contributed by atoms with Crippen LogP contribution in [-0.4, -0.2) is 47.2 Å². The molecule has 0 bridgehead atoms. The molecule has 10 heteroatoms. The number of rotatable bonds is 20. The number of ether oxygens (including phenoxy) is 2. The molecular formula is C42H48O8S2. The van der Waals surface area contributed by atoms with Gasteiger partial charge in [-0.05, 0) is 65.4 Å². The van der Waals surface area contributed by atoms with Crippen molar-refractivity contribution >= 4 is 37.7 Å². The van der Waals surface area contributed by atoms with Crippen LogP contribution in [0.4, 0.5) is 0 Å². The minimum absolute atomic E-state index is 0.0000586. The van der Waals surface area contributed by atoms with Crippen LogP contribution in [0.3, 0.4) is 0 Å². The van der Waals surface area contributed by atoms with E-state index in [1.54, 1.807) is 60.7 Å². The van der Waals surface area contributed by atoms with Gasteiger partial charge in [0.05, 0.1) is 23.0 Å². The first-order valence-electron chi connectivity index (χ1n) is 17.9. The lowest BCUT2D eigenvalue weighted by atomic mass is 10.0. The Balaban J connectivity index is 1.54. The summed E-state index contributed by atoms with van der Waals surface area (Å²) < 4.78 is 65.2. The Labute approximate surface area is 308 Å². The van der Waals surface area contributed by atoms with E-state index < -0.39 is 41.8 Å². The highest BCUT2D eigenvalue weighted by atomic mass is 32.2. The SMILES string of the molecule is CCCCCCOC(=O)C(=Cc1ccc(-c2ccc(CC(C(=O)OCCCCCC)S(=O)(=O)c3ccccc3)cc2)cc1)S(=O)(=O)c1ccccc1. The van der Waals surface area contributed by atoms with Crippen molar-refractivity contribution < 1.29 is 35.9 Å². The minimum atomic E-state index is -4.16. The van der Waals surface area contributed by atoms with Gasteiger partial charge in [0, 0.05) is 6.42 Å². The number of sulfone groups is 2. The Morgan fingerprint density at radius 1 is 0.596 bits per heavy atom. The van der Waals surface area contributed by atoms with E-state index in [4.69, 9.17) is 9.47 Å². The third kappa shape index (κ3) is 11.2. The summed E-state index contributed by atoms with van der Waals surface area (Å²) >= 11 is 0. The average molecular weight is 745 g/mol. The summed E-state index contributed by atoms with van der Waals surface area (Å²) in [6.07, 6.45) is 8.47. The molecular weight excluding hydrogens is 697 g/mol. The topological polar surface area (TPSA) is 121 Å². The van der Waals surface area contributed by atoms with E-state index in [2.05, 4.69) is 13.8 Å². The summed E-state index contributed by atoms with van der Waals surface area (Å²) in [5, 5.41) is -1.40. The Bertz CT molecular complexity index is 1970. The zero-order chi connectivity index (χ0) is 37.4. The molecule has 0 radical (unpaired) electrons. The molecule has 0 fully saturated rings. The monoisotopic (exact) mass is 744 g/mol. The van der Waals surface area contributed by atoms with Crippen molar-refractivity contribution in [2.45, 2.75) is 86.7 Å². The van der Waals surface area contributed by atoms with Crippen molar-refractivity contribution in [3.05, 3.63) is 125 Å². The van der Waals surface area contributed by atoms with E-state index in [1.165, 1.54) is 30.3 Å². The van der Waals surface area contributed by atoms with Crippen LogP contribution in [0.1, 0.15) is 76.3 Å². The van der Waals surface area contributed by atoms with E-state index in [1.807, 2.05) is 24.3 Å². The number of carbonyl (C=O) groups is 2. The normalized spacial score (nSPS) is 12.6. The maximum Gasteiger partial charge on any atom is 0.350 e. The summed E-state index contributed by atoms with van der Waals surface area (Å²) in [5.41, 5.74) is 2.79. The maximum absolute atomic E-state index is 13.6. The minimum Gasteiger partial charge on any atom is -0.465 e. The van der Waals surface area contributed by atoms with Crippen molar-refractivity contribution in [3.8, 4) is 11.1 Å². The second-order valence-electron chi connectivity index (χ2n) is 12.6. The zero-order valence-corrected chi connectivity index (χ0v) is 31.5. The fraction of sp³-hybridized carbons (Fsp3) is 0.333. The molecule has 4 aromatic carbocycles. The van der Waals surface area contributed by atoms with E-state index in [-0.39, 0.29) is 29.4 Å². The van der Waals surface area contributed by atoms with Gasteiger partial charge in [-0.25, -0.2) is 21.6 Å². The first kappa shape index (κ1) is 40.2. The van der Waals surface area contributed by atoms with Gasteiger partial charge in [-0.1, -0.05) is 137 Å². The molecule has 52 heavy (non-hydrogen) atoms. The fourth-order valence-corrected chi connectivity index (χ4v) is 8.53. The molecule has 4 rings (SSSR count). The van der Waals surface area contributed by atoms with Crippen LogP contribution in [-0.2, 0) is 45.2 Å². The Hall–Kier alpha value is -4.54. The van der Waals surface area contributed by atoms with Gasteiger partial charge in [0.15, 0.2) is 20.0 Å². The van der Waals surface area contributed by atoms with Crippen molar-refractivity contribution in [1.82, 2.24) is 0 Å². The largest absolute Gasteiger partial charge is 0.465 e. The van der Waals surface area contributed by atoms with Crippen molar-refractivity contribution in [3.63, 3.8) is 0 Å². The van der Waals surface area contributed by atoms with E-state index in [9.17, 15) is 26.4 Å². The average Bonchev–Trinajstić information content (AvgIpc) is 3.16. The second-order valence-corrected chi connectivity index (χ2v) is 16.7. The maximum atomic E-state index is 13.6. The lowest BCUT2D eigenvalue weighted by Gasteiger charge is -2.17. The Morgan fingerprint density at radius 2 is 1.10 bits per heavy atom. The smallest absolute Gasteiger partial charge is 0.350 e. The van der Waals surface area contributed by atoms with Crippen molar-refractivity contribution in [2.24, 2.45) is 0 Å². The predicted octanol–water partition coefficient (Wildman–Crippen LogP) is 8.80. The first-order chi connectivity index (χ1) is 25.1. The van der Waals surface area contributed by atoms with Crippen LogP contribution in [0.5, 0.6) is 0 Å². The van der Waals surface area contributed by atoms with Gasteiger partial charge >= 0.3 is 11.9 Å². The van der Waals surface area contributed by atoms with Crippen LogP contribution in [0.25, 0.3) is 17.2 Å². The molecule has 8 nitrogen and oxygen atoms in total. The fourth-order valence-electron chi connectivity index (χ4n) is 5.60. The van der Waals surface area contributed by atoms with Crippen LogP contribution in [0, 0.1) is 0 Å². The quantitative estimate of drug-likeness (QED) is 0.0500. The highest BCUT2D eigenvalue weighted by Gasteiger charge is 2.35. The van der Waals surface area contributed by atoms with Gasteiger partial charge in [-0.3, -0.25) is 4.79 Å². The third-order valence-electron chi connectivity index (χ3n) is 8.64. The van der Waals surface area contributed by atoms with Gasteiger partial charge in [-0.2, -0.15) is 0 Å². The summed E-state index contributed by atoms with van der Waals surface area (Å²) in [4.78, 5) is 26.0. The van der Waals surface area contributed by atoms with Crippen LogP contribution >= 0.6 is 0 Å². The number of carbonyl (C=O) groups excluding carboxylic acids is 2. The van der Waals surface area contributed by atoms with Crippen molar-refractivity contribution in [2.75, 3.05) is 13.2 Å². The first-order valence-corrected chi connectivity index (χ1v) is 20.9.